The van der Waals surface area contributed by atoms with Gasteiger partial charge in [-0.05, 0) is 23.6 Å². The van der Waals surface area contributed by atoms with Crippen LogP contribution in [0.3, 0.4) is 0 Å². The van der Waals surface area contributed by atoms with E-state index >= 15 is 0 Å². The molecular weight excluding hydrogens is 353 g/mol. The molecule has 7 nitrogen and oxygen atoms in total. The van der Waals surface area contributed by atoms with Gasteiger partial charge < -0.3 is 5.73 Å². The summed E-state index contributed by atoms with van der Waals surface area (Å²) in [4.78, 5) is 24.5. The predicted octanol–water partition coefficient (Wildman–Crippen LogP) is 1.80. The molecule has 0 spiro atoms. The third-order valence-electron chi connectivity index (χ3n) is 3.29. The Balaban J connectivity index is 2.18. The topological polar surface area (TPSA) is 107 Å². The van der Waals surface area contributed by atoms with Gasteiger partial charge in [0.1, 0.15) is 0 Å². The summed E-state index contributed by atoms with van der Waals surface area (Å²) in [6.45, 7) is 0. The highest BCUT2D eigenvalue weighted by Gasteiger charge is 2.51. The molecule has 2 N–H and O–H groups in total. The van der Waals surface area contributed by atoms with Crippen molar-refractivity contribution in [3.8, 4) is 0 Å². The van der Waals surface area contributed by atoms with Gasteiger partial charge in [0.25, 0.3) is 11.8 Å². The summed E-state index contributed by atoms with van der Waals surface area (Å²) in [5.41, 5.74) is -0.490. The van der Waals surface area contributed by atoms with Gasteiger partial charge in [-0.15, -0.1) is 9.35 Å². The molecule has 0 aliphatic carbocycles. The van der Waals surface area contributed by atoms with Crippen LogP contribution in [0.2, 0.25) is 0 Å². The maximum Gasteiger partial charge on any atom is 0.525 e. The van der Waals surface area contributed by atoms with E-state index < -0.39 is 32.5 Å². The molecule has 0 radical (unpaired) electrons. The number of anilines is 1. The molecule has 1 aliphatic rings. The third-order valence-corrected chi connectivity index (χ3v) is 4.20. The standard InChI is InChI=1S/C13H7F3N2O5S/c14-13(15,16)24(21,22)23-18-11(19)8-3-1-2-6-4-7(17)5-9(10(6)8)12(18)20/h1-5H,17H2. The Labute approximate surface area is 132 Å². The van der Waals surface area contributed by atoms with E-state index in [0.717, 1.165) is 6.07 Å². The van der Waals surface area contributed by atoms with Gasteiger partial charge in [0.2, 0.25) is 0 Å². The summed E-state index contributed by atoms with van der Waals surface area (Å²) in [6, 6.07) is 6.77. The lowest BCUT2D eigenvalue weighted by Crippen LogP contribution is -2.44. The maximum atomic E-state index is 12.4. The average Bonchev–Trinajstić information content (AvgIpc) is 2.47. The fourth-order valence-electron chi connectivity index (χ4n) is 2.32. The maximum absolute atomic E-state index is 12.4. The monoisotopic (exact) mass is 360 g/mol. The molecule has 11 heteroatoms. The number of carbonyl (C=O) groups excluding carboxylic acids is 2. The molecule has 0 fully saturated rings. The van der Waals surface area contributed by atoms with Crippen molar-refractivity contribution in [1.29, 1.82) is 0 Å². The first-order valence-electron chi connectivity index (χ1n) is 6.25. The Morgan fingerprint density at radius 2 is 1.67 bits per heavy atom. The average molecular weight is 360 g/mol. The first-order valence-corrected chi connectivity index (χ1v) is 7.65. The molecule has 0 atom stereocenters. The Bertz CT molecular complexity index is 1000. The van der Waals surface area contributed by atoms with Crippen molar-refractivity contribution >= 4 is 38.4 Å². The van der Waals surface area contributed by atoms with Gasteiger partial charge in [-0.25, -0.2) is 0 Å². The Hall–Kier alpha value is -2.66. The molecule has 0 aromatic heterocycles. The molecule has 1 heterocycles. The summed E-state index contributed by atoms with van der Waals surface area (Å²) >= 11 is 0. The lowest BCUT2D eigenvalue weighted by Gasteiger charge is -2.25. The van der Waals surface area contributed by atoms with Crippen molar-refractivity contribution in [2.24, 2.45) is 0 Å². The molecule has 0 saturated carbocycles. The van der Waals surface area contributed by atoms with Crippen LogP contribution in [0.4, 0.5) is 18.9 Å². The minimum absolute atomic E-state index is 0.107. The van der Waals surface area contributed by atoms with Gasteiger partial charge in [-0.2, -0.15) is 21.6 Å². The first-order chi connectivity index (χ1) is 11.0. The van der Waals surface area contributed by atoms with Crippen molar-refractivity contribution in [3.05, 3.63) is 41.5 Å². The van der Waals surface area contributed by atoms with Crippen molar-refractivity contribution in [1.82, 2.24) is 5.06 Å². The molecule has 0 saturated heterocycles. The van der Waals surface area contributed by atoms with Crippen LogP contribution >= 0.6 is 0 Å². The number of hydroxylamine groups is 2. The van der Waals surface area contributed by atoms with Crippen LogP contribution in [-0.4, -0.2) is 30.8 Å². The fourth-order valence-corrected chi connectivity index (χ4v) is 2.73. The van der Waals surface area contributed by atoms with E-state index in [4.69, 9.17) is 5.73 Å². The molecular formula is C13H7F3N2O5S. The van der Waals surface area contributed by atoms with E-state index in [-0.39, 0.29) is 22.2 Å². The number of hydrogen-bond acceptors (Lipinski definition) is 6. The minimum atomic E-state index is -6.19. The first kappa shape index (κ1) is 16.2. The van der Waals surface area contributed by atoms with E-state index in [9.17, 15) is 31.2 Å². The number of halogens is 3. The minimum Gasteiger partial charge on any atom is -0.399 e. The fraction of sp³-hybridized carbons (Fsp3) is 0.0769. The molecule has 1 aliphatic heterocycles. The molecule has 0 unspecified atom stereocenters. The number of hydrogen-bond donors (Lipinski definition) is 1. The van der Waals surface area contributed by atoms with Gasteiger partial charge in [-0.1, -0.05) is 12.1 Å². The highest BCUT2D eigenvalue weighted by atomic mass is 32.2. The SMILES string of the molecule is Nc1cc2c3c(cccc3c1)C(=O)N(OS(=O)(=O)C(F)(F)F)C2=O. The summed E-state index contributed by atoms with van der Waals surface area (Å²) in [5, 5.41) is 0.132. The number of alkyl halides is 3. The lowest BCUT2D eigenvalue weighted by atomic mass is 9.94. The van der Waals surface area contributed by atoms with E-state index in [2.05, 4.69) is 4.28 Å². The number of nitrogen functional groups attached to an aromatic ring is 1. The molecule has 2 aromatic carbocycles. The van der Waals surface area contributed by atoms with Crippen molar-refractivity contribution < 1.29 is 35.5 Å². The van der Waals surface area contributed by atoms with Crippen LogP contribution in [0.1, 0.15) is 20.7 Å². The van der Waals surface area contributed by atoms with Gasteiger partial charge >= 0.3 is 15.6 Å². The summed E-state index contributed by atoms with van der Waals surface area (Å²) in [6.07, 6.45) is 0. The second-order valence-electron chi connectivity index (χ2n) is 4.85. The number of imide groups is 1. The van der Waals surface area contributed by atoms with Crippen molar-refractivity contribution in [2.45, 2.75) is 5.51 Å². The van der Waals surface area contributed by atoms with Crippen LogP contribution in [0.15, 0.2) is 30.3 Å². The second-order valence-corrected chi connectivity index (χ2v) is 6.37. The summed E-state index contributed by atoms with van der Waals surface area (Å²) < 4.78 is 63.3. The van der Waals surface area contributed by atoms with Gasteiger partial charge in [0, 0.05) is 11.1 Å². The Morgan fingerprint density at radius 1 is 1.04 bits per heavy atom. The van der Waals surface area contributed by atoms with Gasteiger partial charge in [0.05, 0.1) is 11.1 Å². The highest BCUT2D eigenvalue weighted by Crippen LogP contribution is 2.34. The van der Waals surface area contributed by atoms with Crippen molar-refractivity contribution in [3.63, 3.8) is 0 Å². The third kappa shape index (κ3) is 2.29. The second kappa shape index (κ2) is 4.92. The quantitative estimate of drug-likeness (QED) is 0.497. The zero-order valence-electron chi connectivity index (χ0n) is 11.5. The zero-order chi connectivity index (χ0) is 17.9. The highest BCUT2D eigenvalue weighted by molar-refractivity contribution is 7.87. The number of nitrogens with zero attached hydrogens (tertiary/aromatic N) is 1. The smallest absolute Gasteiger partial charge is 0.399 e. The van der Waals surface area contributed by atoms with Crippen LogP contribution in [0.25, 0.3) is 10.8 Å². The zero-order valence-corrected chi connectivity index (χ0v) is 12.3. The number of benzene rings is 2. The molecule has 3 rings (SSSR count). The number of carbonyl (C=O) groups is 2. The number of rotatable bonds is 2. The lowest BCUT2D eigenvalue weighted by molar-refractivity contribution is -0.0761. The Kier molecular flexibility index (Phi) is 3.32. The van der Waals surface area contributed by atoms with E-state index in [1.165, 1.54) is 18.2 Å². The number of nitrogens with two attached hydrogens (primary N) is 1. The Morgan fingerprint density at radius 3 is 2.29 bits per heavy atom. The normalized spacial score (nSPS) is 15.2. The van der Waals surface area contributed by atoms with Crippen LogP contribution in [0.5, 0.6) is 0 Å². The van der Waals surface area contributed by atoms with Crippen LogP contribution in [0, 0.1) is 0 Å². The largest absolute Gasteiger partial charge is 0.525 e. The van der Waals surface area contributed by atoms with E-state index in [0.29, 0.717) is 5.39 Å². The molecule has 2 aromatic rings. The number of amides is 2. The summed E-state index contributed by atoms with van der Waals surface area (Å²) in [5.74, 6) is -2.68. The predicted molar refractivity (Wildman–Crippen MR) is 74.9 cm³/mol. The van der Waals surface area contributed by atoms with Crippen molar-refractivity contribution in [2.75, 3.05) is 5.73 Å². The molecule has 0 bridgehead atoms. The van der Waals surface area contributed by atoms with E-state index in [1.807, 2.05) is 0 Å². The summed E-state index contributed by atoms with van der Waals surface area (Å²) in [7, 11) is -6.19. The van der Waals surface area contributed by atoms with Crippen LogP contribution in [-0.2, 0) is 14.4 Å². The van der Waals surface area contributed by atoms with Gasteiger partial charge in [0.15, 0.2) is 0 Å². The molecule has 24 heavy (non-hydrogen) atoms. The molecule has 126 valence electrons. The molecule has 2 amide bonds. The van der Waals surface area contributed by atoms with Gasteiger partial charge in [-0.3, -0.25) is 9.59 Å². The van der Waals surface area contributed by atoms with Crippen LogP contribution < -0.4 is 5.73 Å². The van der Waals surface area contributed by atoms with E-state index in [1.54, 1.807) is 6.07 Å².